The molecule has 3 aromatic heterocycles. The highest BCUT2D eigenvalue weighted by Crippen LogP contribution is 2.25. The van der Waals surface area contributed by atoms with Crippen molar-refractivity contribution >= 4 is 5.82 Å². The van der Waals surface area contributed by atoms with Crippen LogP contribution in [0.2, 0.25) is 0 Å². The fraction of sp³-hybridized carbons (Fsp3) is 0.474. The van der Waals surface area contributed by atoms with E-state index in [9.17, 15) is 5.11 Å². The molecule has 0 amide bonds. The Morgan fingerprint density at radius 2 is 2.07 bits per heavy atom. The quantitative estimate of drug-likeness (QED) is 0.740. The molecular formula is C19H25N7O. The summed E-state index contributed by atoms with van der Waals surface area (Å²) in [6.45, 7) is 6.40. The molecule has 142 valence electrons. The number of hydrogen-bond acceptors (Lipinski definition) is 6. The van der Waals surface area contributed by atoms with Gasteiger partial charge in [-0.15, -0.1) is 0 Å². The van der Waals surface area contributed by atoms with Crippen molar-refractivity contribution in [2.75, 3.05) is 11.4 Å². The zero-order valence-corrected chi connectivity index (χ0v) is 16.0. The summed E-state index contributed by atoms with van der Waals surface area (Å²) in [7, 11) is 1.87. The van der Waals surface area contributed by atoms with Gasteiger partial charge in [-0.05, 0) is 19.4 Å². The Kier molecular flexibility index (Phi) is 4.65. The van der Waals surface area contributed by atoms with Gasteiger partial charge in [-0.3, -0.25) is 4.68 Å². The van der Waals surface area contributed by atoms with Gasteiger partial charge in [-0.1, -0.05) is 13.3 Å². The van der Waals surface area contributed by atoms with Crippen LogP contribution in [0.5, 0.6) is 0 Å². The first kappa shape index (κ1) is 17.7. The highest BCUT2D eigenvalue weighted by Gasteiger charge is 2.24. The number of anilines is 1. The van der Waals surface area contributed by atoms with Crippen LogP contribution < -0.4 is 4.90 Å². The third-order valence-corrected chi connectivity index (χ3v) is 4.91. The average Bonchev–Trinajstić information content (AvgIpc) is 3.26. The maximum absolute atomic E-state index is 10.6. The molecule has 1 aliphatic rings. The Hall–Kier alpha value is -2.74. The van der Waals surface area contributed by atoms with Gasteiger partial charge in [-0.25, -0.2) is 15.0 Å². The third kappa shape index (κ3) is 3.44. The van der Waals surface area contributed by atoms with E-state index in [1.165, 1.54) is 0 Å². The summed E-state index contributed by atoms with van der Waals surface area (Å²) < 4.78 is 3.78. The molecule has 0 saturated heterocycles. The summed E-state index contributed by atoms with van der Waals surface area (Å²) >= 11 is 0. The van der Waals surface area contributed by atoms with Gasteiger partial charge in [0.15, 0.2) is 6.10 Å². The number of imidazole rings is 1. The summed E-state index contributed by atoms with van der Waals surface area (Å²) in [5, 5.41) is 15.2. The minimum Gasteiger partial charge on any atom is -0.379 e. The lowest BCUT2D eigenvalue weighted by Gasteiger charge is -2.29. The molecule has 4 rings (SSSR count). The monoisotopic (exact) mass is 367 g/mol. The third-order valence-electron chi connectivity index (χ3n) is 4.91. The normalized spacial score (nSPS) is 15.0. The second-order valence-electron chi connectivity index (χ2n) is 7.02. The highest BCUT2D eigenvalue weighted by atomic mass is 16.3. The van der Waals surface area contributed by atoms with E-state index in [-0.39, 0.29) is 0 Å². The number of aliphatic hydroxyl groups excluding tert-OH is 1. The maximum atomic E-state index is 10.6. The van der Waals surface area contributed by atoms with Gasteiger partial charge in [0.25, 0.3) is 0 Å². The second kappa shape index (κ2) is 7.11. The van der Waals surface area contributed by atoms with Crippen molar-refractivity contribution in [3.63, 3.8) is 0 Å². The molecule has 8 heteroatoms. The summed E-state index contributed by atoms with van der Waals surface area (Å²) in [6, 6.07) is 4.05. The van der Waals surface area contributed by atoms with E-state index in [2.05, 4.69) is 37.9 Å². The first-order valence-electron chi connectivity index (χ1n) is 9.36. The summed E-state index contributed by atoms with van der Waals surface area (Å²) in [4.78, 5) is 15.6. The van der Waals surface area contributed by atoms with E-state index in [0.29, 0.717) is 18.1 Å². The first-order chi connectivity index (χ1) is 13.0. The molecule has 3 aromatic rings. The van der Waals surface area contributed by atoms with Crippen molar-refractivity contribution in [3.8, 4) is 0 Å². The Balaban J connectivity index is 1.57. The molecule has 0 aromatic carbocycles. The molecule has 0 saturated carbocycles. The number of aromatic nitrogens is 6. The van der Waals surface area contributed by atoms with Crippen LogP contribution in [0.15, 0.2) is 24.5 Å². The van der Waals surface area contributed by atoms with Crippen LogP contribution >= 0.6 is 0 Å². The van der Waals surface area contributed by atoms with Crippen molar-refractivity contribution in [2.24, 2.45) is 7.05 Å². The van der Waals surface area contributed by atoms with Crippen LogP contribution in [-0.4, -0.2) is 41.0 Å². The number of fused-ring (bicyclic) bond motifs is 1. The summed E-state index contributed by atoms with van der Waals surface area (Å²) in [5.74, 6) is 2.36. The summed E-state index contributed by atoms with van der Waals surface area (Å²) in [6.07, 6.45) is 4.71. The lowest BCUT2D eigenvalue weighted by Crippen LogP contribution is -2.34. The Morgan fingerprint density at radius 1 is 1.22 bits per heavy atom. The van der Waals surface area contributed by atoms with Gasteiger partial charge in [0, 0.05) is 37.7 Å². The van der Waals surface area contributed by atoms with E-state index in [0.717, 1.165) is 49.0 Å². The Labute approximate surface area is 158 Å². The number of aliphatic hydroxyl groups is 1. The zero-order chi connectivity index (χ0) is 19.0. The Bertz CT molecular complexity index is 945. The fourth-order valence-electron chi connectivity index (χ4n) is 3.55. The maximum Gasteiger partial charge on any atom is 0.155 e. The van der Waals surface area contributed by atoms with E-state index >= 15 is 0 Å². The van der Waals surface area contributed by atoms with Crippen LogP contribution in [0.1, 0.15) is 48.2 Å². The van der Waals surface area contributed by atoms with E-state index in [4.69, 9.17) is 0 Å². The van der Waals surface area contributed by atoms with Gasteiger partial charge in [0.2, 0.25) is 0 Å². The highest BCUT2D eigenvalue weighted by molar-refractivity contribution is 5.41. The molecule has 8 nitrogen and oxygen atoms in total. The number of rotatable bonds is 5. The predicted octanol–water partition coefficient (Wildman–Crippen LogP) is 1.77. The molecule has 1 N–H and O–H groups in total. The topological polar surface area (TPSA) is 84.9 Å². The molecule has 0 aliphatic carbocycles. The first-order valence-corrected chi connectivity index (χ1v) is 9.36. The molecule has 0 radical (unpaired) electrons. The molecule has 0 bridgehead atoms. The SMILES string of the molecule is CCCc1cc(N2CCn3nc([C@@H](O)c4nccn4C)cc3C2)nc(C)n1. The van der Waals surface area contributed by atoms with Crippen LogP contribution in [0.3, 0.4) is 0 Å². The molecule has 27 heavy (non-hydrogen) atoms. The van der Waals surface area contributed by atoms with Crippen LogP contribution in [0.25, 0.3) is 0 Å². The molecule has 0 spiro atoms. The molecular weight excluding hydrogens is 342 g/mol. The predicted molar refractivity (Wildman–Crippen MR) is 101 cm³/mol. The molecule has 1 aliphatic heterocycles. The van der Waals surface area contributed by atoms with Crippen molar-refractivity contribution in [1.82, 2.24) is 29.3 Å². The van der Waals surface area contributed by atoms with Crippen molar-refractivity contribution < 1.29 is 5.11 Å². The van der Waals surface area contributed by atoms with Gasteiger partial charge < -0.3 is 14.6 Å². The fourth-order valence-corrected chi connectivity index (χ4v) is 3.55. The van der Waals surface area contributed by atoms with E-state index in [1.54, 1.807) is 6.20 Å². The Morgan fingerprint density at radius 3 is 2.81 bits per heavy atom. The van der Waals surface area contributed by atoms with Crippen LogP contribution in [0.4, 0.5) is 5.82 Å². The molecule has 4 heterocycles. The van der Waals surface area contributed by atoms with Crippen molar-refractivity contribution in [3.05, 3.63) is 53.3 Å². The minimum atomic E-state index is -0.825. The van der Waals surface area contributed by atoms with Crippen molar-refractivity contribution in [1.29, 1.82) is 0 Å². The van der Waals surface area contributed by atoms with Crippen LogP contribution in [-0.2, 0) is 26.6 Å². The van der Waals surface area contributed by atoms with Crippen LogP contribution in [0, 0.1) is 6.92 Å². The molecule has 0 fully saturated rings. The number of aryl methyl sites for hydroxylation is 3. The zero-order valence-electron chi connectivity index (χ0n) is 16.0. The standard InChI is InChI=1S/C19H25N7O/c1-4-5-14-10-17(22-13(2)21-14)25-8-9-26-15(12-25)11-16(23-26)18(27)19-20-6-7-24(19)3/h6-7,10-11,18,27H,4-5,8-9,12H2,1-3H3/t18-/m1/s1. The smallest absolute Gasteiger partial charge is 0.155 e. The van der Waals surface area contributed by atoms with Gasteiger partial charge in [0.1, 0.15) is 17.5 Å². The minimum absolute atomic E-state index is 0.595. The lowest BCUT2D eigenvalue weighted by molar-refractivity contribution is 0.200. The molecule has 0 unspecified atom stereocenters. The second-order valence-corrected chi connectivity index (χ2v) is 7.02. The van der Waals surface area contributed by atoms with Gasteiger partial charge in [0.05, 0.1) is 24.5 Å². The largest absolute Gasteiger partial charge is 0.379 e. The van der Waals surface area contributed by atoms with Gasteiger partial charge in [-0.2, -0.15) is 5.10 Å². The van der Waals surface area contributed by atoms with E-state index < -0.39 is 6.10 Å². The number of hydrogen-bond donors (Lipinski definition) is 1. The lowest BCUT2D eigenvalue weighted by atomic mass is 10.2. The molecule has 1 atom stereocenters. The summed E-state index contributed by atoms with van der Waals surface area (Å²) in [5.41, 5.74) is 2.79. The average molecular weight is 367 g/mol. The number of nitrogens with zero attached hydrogens (tertiary/aromatic N) is 7. The van der Waals surface area contributed by atoms with E-state index in [1.807, 2.05) is 35.5 Å². The van der Waals surface area contributed by atoms with Gasteiger partial charge >= 0.3 is 0 Å². The van der Waals surface area contributed by atoms with Crippen molar-refractivity contribution in [2.45, 2.75) is 45.9 Å².